The Kier molecular flexibility index (Phi) is 10.1. The maximum Gasteiger partial charge on any atom is 0.511 e. The number of aliphatic imine (C=N–C) groups is 1. The van der Waals surface area contributed by atoms with Crippen LogP contribution in [-0.4, -0.2) is 57.4 Å². The third-order valence-corrected chi connectivity index (χ3v) is 7.15. The second-order valence-corrected chi connectivity index (χ2v) is 10.3. The molecule has 1 aromatic rings. The zero-order valence-electron chi connectivity index (χ0n) is 18.3. The Balaban J connectivity index is 0.00000480. The molecular formula is C20H32F3IN4O2S. The number of hydrogen-bond acceptors (Lipinski definition) is 3. The van der Waals surface area contributed by atoms with Gasteiger partial charge in [0.25, 0.3) is 0 Å². The smallest absolute Gasteiger partial charge is 0.356 e. The molecule has 0 aliphatic carbocycles. The summed E-state index contributed by atoms with van der Waals surface area (Å²) in [7, 11) is -3.58. The van der Waals surface area contributed by atoms with Crippen molar-refractivity contribution in [3.63, 3.8) is 0 Å². The Labute approximate surface area is 200 Å². The van der Waals surface area contributed by atoms with Gasteiger partial charge in [0.15, 0.2) is 5.96 Å². The fourth-order valence-corrected chi connectivity index (χ4v) is 4.36. The van der Waals surface area contributed by atoms with Gasteiger partial charge in [-0.3, -0.25) is 4.99 Å². The van der Waals surface area contributed by atoms with E-state index in [2.05, 4.69) is 53.7 Å². The fourth-order valence-electron chi connectivity index (χ4n) is 3.37. The van der Waals surface area contributed by atoms with Gasteiger partial charge in [-0.2, -0.15) is 17.5 Å². The second kappa shape index (κ2) is 11.2. The molecular weight excluding hydrogens is 544 g/mol. The number of alkyl halides is 3. The van der Waals surface area contributed by atoms with Crippen molar-refractivity contribution in [3.05, 3.63) is 35.4 Å². The monoisotopic (exact) mass is 576 g/mol. The van der Waals surface area contributed by atoms with Crippen LogP contribution in [0.4, 0.5) is 13.2 Å². The first-order chi connectivity index (χ1) is 13.9. The van der Waals surface area contributed by atoms with Crippen molar-refractivity contribution in [2.75, 3.05) is 33.2 Å². The highest BCUT2D eigenvalue weighted by Crippen LogP contribution is 2.30. The molecule has 0 amide bonds. The van der Waals surface area contributed by atoms with E-state index in [4.69, 9.17) is 0 Å². The summed E-state index contributed by atoms with van der Waals surface area (Å²) in [5.41, 5.74) is -2.96. The third kappa shape index (κ3) is 7.48. The Hall–Kier alpha value is -1.08. The molecule has 2 N–H and O–H groups in total. The van der Waals surface area contributed by atoms with Gasteiger partial charge in [0, 0.05) is 38.6 Å². The quantitative estimate of drug-likeness (QED) is 0.309. The van der Waals surface area contributed by atoms with Gasteiger partial charge in [-0.25, -0.2) is 8.42 Å². The number of guanidine groups is 1. The molecule has 11 heteroatoms. The van der Waals surface area contributed by atoms with Gasteiger partial charge >= 0.3 is 15.5 Å². The minimum Gasteiger partial charge on any atom is -0.356 e. The first-order valence-electron chi connectivity index (χ1n) is 9.95. The van der Waals surface area contributed by atoms with Gasteiger partial charge in [-0.05, 0) is 31.2 Å². The van der Waals surface area contributed by atoms with Crippen LogP contribution in [0.15, 0.2) is 29.3 Å². The molecule has 0 radical (unpaired) electrons. The van der Waals surface area contributed by atoms with Crippen molar-refractivity contribution in [1.82, 2.24) is 14.9 Å². The predicted molar refractivity (Wildman–Crippen MR) is 128 cm³/mol. The van der Waals surface area contributed by atoms with Crippen LogP contribution in [0.3, 0.4) is 0 Å². The van der Waals surface area contributed by atoms with E-state index < -0.39 is 15.5 Å². The normalized spacial score (nSPS) is 17.2. The Morgan fingerprint density at radius 2 is 1.68 bits per heavy atom. The molecule has 0 saturated carbocycles. The molecule has 0 aromatic heterocycles. The average molecular weight is 576 g/mol. The van der Waals surface area contributed by atoms with Crippen LogP contribution in [-0.2, 0) is 15.4 Å². The van der Waals surface area contributed by atoms with Crippen molar-refractivity contribution in [2.24, 2.45) is 10.9 Å². The maximum absolute atomic E-state index is 12.7. The van der Waals surface area contributed by atoms with Gasteiger partial charge in [-0.1, -0.05) is 43.7 Å². The highest BCUT2D eigenvalue weighted by molar-refractivity contribution is 14.0. The summed E-state index contributed by atoms with van der Waals surface area (Å²) in [6, 6.07) is 8.37. The number of nitrogens with one attached hydrogen (secondary N) is 2. The van der Waals surface area contributed by atoms with E-state index in [0.29, 0.717) is 36.2 Å². The lowest BCUT2D eigenvalue weighted by molar-refractivity contribution is -0.0496. The average Bonchev–Trinajstić information content (AvgIpc) is 2.68. The number of nitrogens with zero attached hydrogens (tertiary/aromatic N) is 2. The van der Waals surface area contributed by atoms with Crippen molar-refractivity contribution >= 4 is 40.0 Å². The number of piperidine rings is 1. The summed E-state index contributed by atoms with van der Waals surface area (Å²) in [6.07, 6.45) is 0.738. The van der Waals surface area contributed by atoms with Crippen LogP contribution >= 0.6 is 24.0 Å². The largest absolute Gasteiger partial charge is 0.511 e. The van der Waals surface area contributed by atoms with Crippen LogP contribution in [0, 0.1) is 12.8 Å². The van der Waals surface area contributed by atoms with E-state index in [9.17, 15) is 21.6 Å². The van der Waals surface area contributed by atoms with E-state index >= 15 is 0 Å². The lowest BCUT2D eigenvalue weighted by Gasteiger charge is -2.32. The molecule has 2 rings (SSSR count). The van der Waals surface area contributed by atoms with Gasteiger partial charge < -0.3 is 10.6 Å². The molecule has 1 saturated heterocycles. The molecule has 178 valence electrons. The number of rotatable bonds is 6. The number of benzene rings is 1. The van der Waals surface area contributed by atoms with Gasteiger partial charge in [0.2, 0.25) is 0 Å². The second-order valence-electron chi connectivity index (χ2n) is 8.35. The van der Waals surface area contributed by atoms with Crippen molar-refractivity contribution < 1.29 is 21.6 Å². The van der Waals surface area contributed by atoms with E-state index in [-0.39, 0.29) is 48.4 Å². The first-order valence-corrected chi connectivity index (χ1v) is 11.4. The number of halogens is 4. The van der Waals surface area contributed by atoms with Crippen LogP contribution in [0.5, 0.6) is 0 Å². The van der Waals surface area contributed by atoms with Crippen molar-refractivity contribution in [1.29, 1.82) is 0 Å². The number of hydrogen-bond donors (Lipinski definition) is 2. The van der Waals surface area contributed by atoms with Crippen LogP contribution in [0.1, 0.15) is 37.8 Å². The maximum atomic E-state index is 12.7. The molecule has 1 aromatic carbocycles. The minimum atomic E-state index is -5.24. The zero-order valence-corrected chi connectivity index (χ0v) is 21.4. The Morgan fingerprint density at radius 3 is 2.16 bits per heavy atom. The summed E-state index contributed by atoms with van der Waals surface area (Å²) in [6.45, 7) is 7.23. The molecule has 31 heavy (non-hydrogen) atoms. The molecule has 1 fully saturated rings. The molecule has 1 aliphatic heterocycles. The first kappa shape index (κ1) is 28.0. The van der Waals surface area contributed by atoms with Gasteiger partial charge in [0.05, 0.1) is 0 Å². The minimum absolute atomic E-state index is 0. The van der Waals surface area contributed by atoms with Crippen molar-refractivity contribution in [3.8, 4) is 0 Å². The Bertz CT molecular complexity index is 835. The van der Waals surface area contributed by atoms with E-state index in [1.54, 1.807) is 7.05 Å². The van der Waals surface area contributed by atoms with Crippen LogP contribution in [0.2, 0.25) is 0 Å². The molecule has 6 nitrogen and oxygen atoms in total. The number of sulfonamides is 1. The summed E-state index contributed by atoms with van der Waals surface area (Å²) in [4.78, 5) is 4.21. The van der Waals surface area contributed by atoms with Gasteiger partial charge in [-0.15, -0.1) is 24.0 Å². The highest BCUT2D eigenvalue weighted by atomic mass is 127. The zero-order chi connectivity index (χ0) is 22.6. The van der Waals surface area contributed by atoms with E-state index in [1.807, 2.05) is 6.92 Å². The summed E-state index contributed by atoms with van der Waals surface area (Å²) < 4.78 is 61.5. The summed E-state index contributed by atoms with van der Waals surface area (Å²) in [5.74, 6) is 0.689. The van der Waals surface area contributed by atoms with E-state index in [0.717, 1.165) is 0 Å². The topological polar surface area (TPSA) is 73.8 Å². The molecule has 0 atom stereocenters. The summed E-state index contributed by atoms with van der Waals surface area (Å²) >= 11 is 0. The SMILES string of the molecule is CN=C(NCC1CCN(S(=O)(=O)C(F)(F)F)CC1)NCC(C)(C)c1ccc(C)cc1.I. The molecule has 1 aliphatic rings. The van der Waals surface area contributed by atoms with E-state index in [1.165, 1.54) is 11.1 Å². The van der Waals surface area contributed by atoms with Crippen LogP contribution in [0.25, 0.3) is 0 Å². The Morgan fingerprint density at radius 1 is 1.13 bits per heavy atom. The third-order valence-electron chi connectivity index (χ3n) is 5.52. The lowest BCUT2D eigenvalue weighted by Crippen LogP contribution is -2.48. The molecule has 0 spiro atoms. The highest BCUT2D eigenvalue weighted by Gasteiger charge is 2.50. The molecule has 0 unspecified atom stereocenters. The molecule has 1 heterocycles. The fraction of sp³-hybridized carbons (Fsp3) is 0.650. The lowest BCUT2D eigenvalue weighted by atomic mass is 9.84. The van der Waals surface area contributed by atoms with Crippen molar-refractivity contribution in [2.45, 2.75) is 44.5 Å². The molecule has 0 bridgehead atoms. The predicted octanol–water partition coefficient (Wildman–Crippen LogP) is 3.62. The standard InChI is InChI=1S/C20H31F3N4O2S.HI/c1-15-5-7-17(8-6-15)19(2,3)14-26-18(24-4)25-13-16-9-11-27(12-10-16)30(28,29)20(21,22)23;/h5-8,16H,9-14H2,1-4H3,(H2,24,25,26);1H. The van der Waals surface area contributed by atoms with Gasteiger partial charge in [0.1, 0.15) is 0 Å². The number of aryl methyl sites for hydroxylation is 1. The van der Waals surface area contributed by atoms with Crippen LogP contribution < -0.4 is 10.6 Å². The summed E-state index contributed by atoms with van der Waals surface area (Å²) in [5, 5.41) is 6.50.